The molecular weight excluding hydrogens is 252 g/mol. The molecule has 0 radical (unpaired) electrons. The van der Waals surface area contributed by atoms with Crippen LogP contribution in [0.25, 0.3) is 0 Å². The summed E-state index contributed by atoms with van der Waals surface area (Å²) in [5, 5.41) is 12.2. The number of anilines is 1. The van der Waals surface area contributed by atoms with E-state index in [1.165, 1.54) is 11.3 Å². The van der Waals surface area contributed by atoms with Crippen molar-refractivity contribution in [1.29, 1.82) is 0 Å². The maximum absolute atomic E-state index is 12.0. The lowest BCUT2D eigenvalue weighted by Crippen LogP contribution is -2.42. The van der Waals surface area contributed by atoms with Crippen molar-refractivity contribution in [1.82, 2.24) is 15.1 Å². The number of hydrogen-bond acceptors (Lipinski definition) is 5. The van der Waals surface area contributed by atoms with Gasteiger partial charge in [0, 0.05) is 20.2 Å². The van der Waals surface area contributed by atoms with Gasteiger partial charge in [-0.25, -0.2) is 4.79 Å². The Balaban J connectivity index is 1.85. The summed E-state index contributed by atoms with van der Waals surface area (Å²) >= 11 is 1.42. The van der Waals surface area contributed by atoms with Crippen molar-refractivity contribution >= 4 is 22.5 Å². The Kier molecular flexibility index (Phi) is 4.48. The van der Waals surface area contributed by atoms with Crippen molar-refractivity contribution < 1.29 is 9.53 Å². The van der Waals surface area contributed by atoms with Crippen molar-refractivity contribution in [3.63, 3.8) is 0 Å². The van der Waals surface area contributed by atoms with Gasteiger partial charge in [-0.2, -0.15) is 0 Å². The lowest BCUT2D eigenvalue weighted by Gasteiger charge is -2.30. The summed E-state index contributed by atoms with van der Waals surface area (Å²) in [6.07, 6.45) is 2.90. The molecule has 0 atom stereocenters. The lowest BCUT2D eigenvalue weighted by atomic mass is 10.1. The molecule has 0 bridgehead atoms. The van der Waals surface area contributed by atoms with E-state index in [-0.39, 0.29) is 12.1 Å². The average Bonchev–Trinajstić information content (AvgIpc) is 2.86. The van der Waals surface area contributed by atoms with Crippen LogP contribution in [-0.2, 0) is 11.2 Å². The van der Waals surface area contributed by atoms with Gasteiger partial charge in [0.2, 0.25) is 5.13 Å². The first kappa shape index (κ1) is 13.2. The van der Waals surface area contributed by atoms with Crippen LogP contribution in [0.2, 0.25) is 0 Å². The highest BCUT2D eigenvalue weighted by atomic mass is 32.1. The number of urea groups is 1. The van der Waals surface area contributed by atoms with Crippen LogP contribution in [0.15, 0.2) is 0 Å². The zero-order valence-corrected chi connectivity index (χ0v) is 11.5. The van der Waals surface area contributed by atoms with Crippen LogP contribution in [0.3, 0.4) is 0 Å². The van der Waals surface area contributed by atoms with Gasteiger partial charge in [-0.15, -0.1) is 10.2 Å². The van der Waals surface area contributed by atoms with Gasteiger partial charge in [-0.05, 0) is 19.3 Å². The Bertz CT molecular complexity index is 402. The fourth-order valence-electron chi connectivity index (χ4n) is 1.91. The smallest absolute Gasteiger partial charge is 0.323 e. The summed E-state index contributed by atoms with van der Waals surface area (Å²) in [6.45, 7) is 3.47. The Hall–Kier alpha value is -1.21. The Morgan fingerprint density at radius 2 is 2.22 bits per heavy atom. The Labute approximate surface area is 110 Å². The molecule has 0 spiro atoms. The third kappa shape index (κ3) is 3.17. The highest BCUT2D eigenvalue weighted by Gasteiger charge is 2.23. The minimum atomic E-state index is -0.0941. The molecule has 2 rings (SSSR count). The maximum atomic E-state index is 12.0. The molecule has 1 N–H and O–H groups in total. The molecule has 1 aliphatic rings. The van der Waals surface area contributed by atoms with Crippen LogP contribution < -0.4 is 5.32 Å². The third-order valence-corrected chi connectivity index (χ3v) is 4.03. The number of methoxy groups -OCH3 is 1. The van der Waals surface area contributed by atoms with E-state index < -0.39 is 0 Å². The fraction of sp³-hybridized carbons (Fsp3) is 0.727. The van der Waals surface area contributed by atoms with Crippen LogP contribution in [0.1, 0.15) is 24.8 Å². The highest BCUT2D eigenvalue weighted by Crippen LogP contribution is 2.18. The van der Waals surface area contributed by atoms with Crippen LogP contribution in [0, 0.1) is 0 Å². The van der Waals surface area contributed by atoms with Crippen molar-refractivity contribution in [3.8, 4) is 0 Å². The molecule has 6 nitrogen and oxygen atoms in total. The zero-order chi connectivity index (χ0) is 13.0. The van der Waals surface area contributed by atoms with E-state index in [0.29, 0.717) is 5.13 Å². The molecule has 0 saturated carbocycles. The molecule has 7 heteroatoms. The predicted octanol–water partition coefficient (Wildman–Crippen LogP) is 1.74. The fourth-order valence-corrected chi connectivity index (χ4v) is 2.58. The number of nitrogens with zero attached hydrogens (tertiary/aromatic N) is 3. The number of aromatic nitrogens is 2. The van der Waals surface area contributed by atoms with Gasteiger partial charge < -0.3 is 9.64 Å². The minimum absolute atomic E-state index is 0.0941. The second kappa shape index (κ2) is 6.10. The largest absolute Gasteiger partial charge is 0.381 e. The summed E-state index contributed by atoms with van der Waals surface area (Å²) in [5.41, 5.74) is 0. The molecule has 18 heavy (non-hydrogen) atoms. The molecule has 0 unspecified atom stereocenters. The normalized spacial score (nSPS) is 16.9. The number of nitrogens with one attached hydrogen (secondary N) is 1. The van der Waals surface area contributed by atoms with Crippen LogP contribution in [0.4, 0.5) is 9.93 Å². The SMILES string of the molecule is CCc1nnc(NC(=O)N2CCC(OC)CC2)s1. The van der Waals surface area contributed by atoms with Crippen LogP contribution in [0.5, 0.6) is 0 Å². The lowest BCUT2D eigenvalue weighted by molar-refractivity contribution is 0.0521. The topological polar surface area (TPSA) is 67.4 Å². The standard InChI is InChI=1S/C11H18N4O2S/c1-3-9-13-14-10(18-9)12-11(16)15-6-4-8(17-2)5-7-15/h8H,3-7H2,1-2H3,(H,12,14,16). The molecular formula is C11H18N4O2S. The molecule has 1 aromatic heterocycles. The summed E-state index contributed by atoms with van der Waals surface area (Å²) in [5.74, 6) is 0. The third-order valence-electron chi connectivity index (χ3n) is 3.05. The van der Waals surface area contributed by atoms with Crippen molar-refractivity contribution in [2.75, 3.05) is 25.5 Å². The molecule has 0 aromatic carbocycles. The van der Waals surface area contributed by atoms with Gasteiger partial charge in [0.15, 0.2) is 0 Å². The maximum Gasteiger partial charge on any atom is 0.323 e. The Morgan fingerprint density at radius 1 is 1.50 bits per heavy atom. The van der Waals surface area contributed by atoms with E-state index in [4.69, 9.17) is 4.74 Å². The summed E-state index contributed by atoms with van der Waals surface area (Å²) < 4.78 is 5.28. The number of amides is 2. The van der Waals surface area contributed by atoms with E-state index in [9.17, 15) is 4.79 Å². The Morgan fingerprint density at radius 3 is 2.78 bits per heavy atom. The number of carbonyl (C=O) groups excluding carboxylic acids is 1. The van der Waals surface area contributed by atoms with Crippen molar-refractivity contribution in [3.05, 3.63) is 5.01 Å². The molecule has 100 valence electrons. The zero-order valence-electron chi connectivity index (χ0n) is 10.7. The highest BCUT2D eigenvalue weighted by molar-refractivity contribution is 7.15. The predicted molar refractivity (Wildman–Crippen MR) is 69.9 cm³/mol. The molecule has 1 aliphatic heterocycles. The molecule has 1 saturated heterocycles. The minimum Gasteiger partial charge on any atom is -0.381 e. The number of piperidine rings is 1. The molecule has 1 aromatic rings. The van der Waals surface area contributed by atoms with E-state index in [1.54, 1.807) is 12.0 Å². The molecule has 1 fully saturated rings. The van der Waals surface area contributed by atoms with Gasteiger partial charge in [-0.1, -0.05) is 18.3 Å². The van der Waals surface area contributed by atoms with Gasteiger partial charge >= 0.3 is 6.03 Å². The van der Waals surface area contributed by atoms with E-state index in [1.807, 2.05) is 6.92 Å². The first-order valence-corrected chi connectivity index (χ1v) is 6.95. The first-order valence-electron chi connectivity index (χ1n) is 6.14. The van der Waals surface area contributed by atoms with Crippen LogP contribution >= 0.6 is 11.3 Å². The van der Waals surface area contributed by atoms with Crippen molar-refractivity contribution in [2.24, 2.45) is 0 Å². The van der Waals surface area contributed by atoms with Crippen LogP contribution in [-0.4, -0.2) is 47.4 Å². The molecule has 2 heterocycles. The first-order chi connectivity index (χ1) is 8.72. The number of ether oxygens (including phenoxy) is 1. The second-order valence-electron chi connectivity index (χ2n) is 4.21. The summed E-state index contributed by atoms with van der Waals surface area (Å²) in [7, 11) is 1.72. The summed E-state index contributed by atoms with van der Waals surface area (Å²) in [6, 6.07) is -0.0941. The quantitative estimate of drug-likeness (QED) is 0.908. The van der Waals surface area contributed by atoms with E-state index in [2.05, 4.69) is 15.5 Å². The monoisotopic (exact) mass is 270 g/mol. The second-order valence-corrected chi connectivity index (χ2v) is 5.27. The molecule has 2 amide bonds. The average molecular weight is 270 g/mol. The number of likely N-dealkylation sites (tertiary alicyclic amines) is 1. The van der Waals surface area contributed by atoms with E-state index in [0.717, 1.165) is 37.4 Å². The van der Waals surface area contributed by atoms with E-state index >= 15 is 0 Å². The van der Waals surface area contributed by atoms with Gasteiger partial charge in [0.1, 0.15) is 5.01 Å². The van der Waals surface area contributed by atoms with Gasteiger partial charge in [0.25, 0.3) is 0 Å². The number of carbonyl (C=O) groups is 1. The number of aryl methyl sites for hydroxylation is 1. The number of rotatable bonds is 3. The van der Waals surface area contributed by atoms with Crippen molar-refractivity contribution in [2.45, 2.75) is 32.3 Å². The van der Waals surface area contributed by atoms with Gasteiger partial charge in [0.05, 0.1) is 6.10 Å². The van der Waals surface area contributed by atoms with Gasteiger partial charge in [-0.3, -0.25) is 5.32 Å². The molecule has 0 aliphatic carbocycles. The summed E-state index contributed by atoms with van der Waals surface area (Å²) in [4.78, 5) is 13.8. The number of hydrogen-bond donors (Lipinski definition) is 1.